The summed E-state index contributed by atoms with van der Waals surface area (Å²) in [5.41, 5.74) is -0.0333. The molecule has 0 aliphatic carbocycles. The molecule has 108 valence electrons. The SMILES string of the molecule is CC(C)(C)c1nsc(NCCOc2ncccc2Cl)n1. The molecule has 0 spiro atoms. The van der Waals surface area contributed by atoms with E-state index in [0.717, 1.165) is 11.0 Å². The summed E-state index contributed by atoms with van der Waals surface area (Å²) in [6.45, 7) is 7.34. The number of anilines is 1. The highest BCUT2D eigenvalue weighted by atomic mass is 35.5. The molecule has 2 heterocycles. The van der Waals surface area contributed by atoms with Gasteiger partial charge in [0.2, 0.25) is 11.0 Å². The lowest BCUT2D eigenvalue weighted by Crippen LogP contribution is -2.14. The number of nitrogens with zero attached hydrogens (tertiary/aromatic N) is 3. The zero-order valence-corrected chi connectivity index (χ0v) is 13.3. The predicted molar refractivity (Wildman–Crippen MR) is 81.8 cm³/mol. The fourth-order valence-electron chi connectivity index (χ4n) is 1.38. The third-order valence-electron chi connectivity index (χ3n) is 2.44. The molecule has 0 aliphatic rings. The Morgan fingerprint density at radius 3 is 2.85 bits per heavy atom. The van der Waals surface area contributed by atoms with Gasteiger partial charge >= 0.3 is 0 Å². The van der Waals surface area contributed by atoms with Crippen LogP contribution < -0.4 is 10.1 Å². The van der Waals surface area contributed by atoms with E-state index in [0.29, 0.717) is 24.1 Å². The van der Waals surface area contributed by atoms with Gasteiger partial charge in [0.05, 0.1) is 6.54 Å². The molecule has 0 radical (unpaired) electrons. The summed E-state index contributed by atoms with van der Waals surface area (Å²) < 4.78 is 9.82. The molecule has 0 saturated carbocycles. The molecule has 0 bridgehead atoms. The predicted octanol–water partition coefficient (Wildman–Crippen LogP) is 3.37. The topological polar surface area (TPSA) is 59.9 Å². The van der Waals surface area contributed by atoms with Gasteiger partial charge in [-0.05, 0) is 12.1 Å². The van der Waals surface area contributed by atoms with E-state index in [1.54, 1.807) is 18.3 Å². The first-order chi connectivity index (χ1) is 9.47. The summed E-state index contributed by atoms with van der Waals surface area (Å²) in [4.78, 5) is 8.49. The van der Waals surface area contributed by atoms with Gasteiger partial charge in [-0.25, -0.2) is 9.97 Å². The summed E-state index contributed by atoms with van der Waals surface area (Å²) in [5.74, 6) is 1.29. The van der Waals surface area contributed by atoms with E-state index in [4.69, 9.17) is 16.3 Å². The minimum absolute atomic E-state index is 0.0333. The van der Waals surface area contributed by atoms with E-state index >= 15 is 0 Å². The van der Waals surface area contributed by atoms with Crippen molar-refractivity contribution in [3.63, 3.8) is 0 Å². The van der Waals surface area contributed by atoms with Crippen molar-refractivity contribution >= 4 is 28.3 Å². The summed E-state index contributed by atoms with van der Waals surface area (Å²) in [5, 5.41) is 4.49. The number of aromatic nitrogens is 3. The Labute approximate surface area is 127 Å². The van der Waals surface area contributed by atoms with Gasteiger partial charge in [0.25, 0.3) is 0 Å². The molecule has 0 saturated heterocycles. The highest BCUT2D eigenvalue weighted by Gasteiger charge is 2.19. The Bertz CT molecular complexity index is 567. The number of hydrogen-bond donors (Lipinski definition) is 1. The minimum atomic E-state index is -0.0333. The first kappa shape index (κ1) is 15.0. The van der Waals surface area contributed by atoms with Crippen molar-refractivity contribution in [3.8, 4) is 5.88 Å². The second-order valence-corrected chi connectivity index (χ2v) is 6.40. The molecular formula is C13H17ClN4OS. The molecule has 0 aliphatic heterocycles. The largest absolute Gasteiger partial charge is 0.475 e. The first-order valence-electron chi connectivity index (χ1n) is 6.28. The average molecular weight is 313 g/mol. The lowest BCUT2D eigenvalue weighted by Gasteiger charge is -2.12. The van der Waals surface area contributed by atoms with Crippen LogP contribution in [0.5, 0.6) is 5.88 Å². The van der Waals surface area contributed by atoms with Crippen molar-refractivity contribution in [3.05, 3.63) is 29.2 Å². The van der Waals surface area contributed by atoms with E-state index in [1.807, 2.05) is 0 Å². The van der Waals surface area contributed by atoms with Crippen LogP contribution in [0, 0.1) is 0 Å². The standard InChI is InChI=1S/C13H17ClN4OS/c1-13(2,3)11-17-12(20-18-11)16-7-8-19-10-9(14)5-4-6-15-10/h4-6H,7-8H2,1-3H3,(H,16,17,18). The molecule has 20 heavy (non-hydrogen) atoms. The maximum Gasteiger partial charge on any atom is 0.232 e. The van der Waals surface area contributed by atoms with Gasteiger partial charge in [-0.1, -0.05) is 32.4 Å². The normalized spacial score (nSPS) is 11.4. The Balaban J connectivity index is 1.79. The van der Waals surface area contributed by atoms with Crippen molar-refractivity contribution in [2.24, 2.45) is 0 Å². The third kappa shape index (κ3) is 4.05. The maximum atomic E-state index is 5.95. The second kappa shape index (κ2) is 6.37. The Morgan fingerprint density at radius 1 is 1.40 bits per heavy atom. The third-order valence-corrected chi connectivity index (χ3v) is 3.40. The van der Waals surface area contributed by atoms with Gasteiger partial charge in [0, 0.05) is 23.1 Å². The van der Waals surface area contributed by atoms with Gasteiger partial charge < -0.3 is 10.1 Å². The molecular weight excluding hydrogens is 296 g/mol. The fourth-order valence-corrected chi connectivity index (χ4v) is 2.34. The molecule has 2 aromatic rings. The molecule has 0 amide bonds. The monoisotopic (exact) mass is 312 g/mol. The van der Waals surface area contributed by atoms with E-state index in [9.17, 15) is 0 Å². The summed E-state index contributed by atoms with van der Waals surface area (Å²) in [6, 6.07) is 3.51. The van der Waals surface area contributed by atoms with Crippen molar-refractivity contribution in [2.75, 3.05) is 18.5 Å². The highest BCUT2D eigenvalue weighted by Crippen LogP contribution is 2.23. The van der Waals surface area contributed by atoms with Crippen molar-refractivity contribution < 1.29 is 4.74 Å². The molecule has 0 atom stereocenters. The van der Waals surface area contributed by atoms with Crippen LogP contribution in [0.15, 0.2) is 18.3 Å². The van der Waals surface area contributed by atoms with Crippen LogP contribution in [0.3, 0.4) is 0 Å². The smallest absolute Gasteiger partial charge is 0.232 e. The van der Waals surface area contributed by atoms with Crippen LogP contribution in [-0.4, -0.2) is 27.5 Å². The Morgan fingerprint density at radius 2 is 2.20 bits per heavy atom. The van der Waals surface area contributed by atoms with E-state index in [-0.39, 0.29) is 5.41 Å². The average Bonchev–Trinajstić information content (AvgIpc) is 2.85. The van der Waals surface area contributed by atoms with Crippen LogP contribution in [0.25, 0.3) is 0 Å². The van der Waals surface area contributed by atoms with Gasteiger partial charge in [0.1, 0.15) is 17.5 Å². The van der Waals surface area contributed by atoms with Crippen LogP contribution in [0.4, 0.5) is 5.13 Å². The minimum Gasteiger partial charge on any atom is -0.475 e. The zero-order chi connectivity index (χ0) is 14.6. The maximum absolute atomic E-state index is 5.95. The van der Waals surface area contributed by atoms with Crippen LogP contribution >= 0.6 is 23.1 Å². The number of halogens is 1. The van der Waals surface area contributed by atoms with Gasteiger partial charge in [-0.15, -0.1) is 0 Å². The lowest BCUT2D eigenvalue weighted by molar-refractivity contribution is 0.320. The zero-order valence-electron chi connectivity index (χ0n) is 11.7. The molecule has 2 aromatic heterocycles. The van der Waals surface area contributed by atoms with Crippen molar-refractivity contribution in [1.82, 2.24) is 14.3 Å². The molecule has 0 unspecified atom stereocenters. The van der Waals surface area contributed by atoms with Crippen LogP contribution in [0.1, 0.15) is 26.6 Å². The van der Waals surface area contributed by atoms with Crippen LogP contribution in [0.2, 0.25) is 5.02 Å². The van der Waals surface area contributed by atoms with E-state index in [1.165, 1.54) is 11.5 Å². The number of ether oxygens (including phenoxy) is 1. The van der Waals surface area contributed by atoms with E-state index in [2.05, 4.69) is 40.4 Å². The fraction of sp³-hybridized carbons (Fsp3) is 0.462. The second-order valence-electron chi connectivity index (χ2n) is 5.24. The number of hydrogen-bond acceptors (Lipinski definition) is 6. The van der Waals surface area contributed by atoms with Crippen molar-refractivity contribution in [2.45, 2.75) is 26.2 Å². The molecule has 1 N–H and O–H groups in total. The molecule has 7 heteroatoms. The Kier molecular flexibility index (Phi) is 4.77. The van der Waals surface area contributed by atoms with Crippen molar-refractivity contribution in [1.29, 1.82) is 0 Å². The molecule has 5 nitrogen and oxygen atoms in total. The van der Waals surface area contributed by atoms with Gasteiger partial charge in [-0.3, -0.25) is 0 Å². The van der Waals surface area contributed by atoms with Gasteiger partial charge in [0.15, 0.2) is 0 Å². The lowest BCUT2D eigenvalue weighted by atomic mass is 9.96. The van der Waals surface area contributed by atoms with Crippen LogP contribution in [-0.2, 0) is 5.41 Å². The summed E-state index contributed by atoms with van der Waals surface area (Å²) in [7, 11) is 0. The molecule has 0 aromatic carbocycles. The van der Waals surface area contributed by atoms with E-state index < -0.39 is 0 Å². The number of rotatable bonds is 5. The Hall–Kier alpha value is -1.40. The van der Waals surface area contributed by atoms with Gasteiger partial charge in [-0.2, -0.15) is 4.37 Å². The first-order valence-corrected chi connectivity index (χ1v) is 7.43. The highest BCUT2D eigenvalue weighted by molar-refractivity contribution is 7.09. The summed E-state index contributed by atoms with van der Waals surface area (Å²) in [6.07, 6.45) is 1.65. The number of nitrogens with one attached hydrogen (secondary N) is 1. The quantitative estimate of drug-likeness (QED) is 0.858. The molecule has 2 rings (SSSR count). The number of pyridine rings is 1. The molecule has 0 fully saturated rings. The summed E-state index contributed by atoms with van der Waals surface area (Å²) >= 11 is 7.30.